The van der Waals surface area contributed by atoms with Crippen LogP contribution in [0, 0.1) is 0 Å². The average Bonchev–Trinajstić information content (AvgIpc) is 3.21. The molecule has 166 valence electrons. The van der Waals surface area contributed by atoms with Crippen molar-refractivity contribution in [1.82, 2.24) is 14.3 Å². The lowest BCUT2D eigenvalue weighted by Crippen LogP contribution is -2.11. The minimum atomic E-state index is -0.861. The number of aryl methyl sites for hydroxylation is 4. The summed E-state index contributed by atoms with van der Waals surface area (Å²) in [6.07, 6.45) is 7.60. The molecule has 0 radical (unpaired) electrons. The average molecular weight is 507 g/mol. The van der Waals surface area contributed by atoms with Gasteiger partial charge in [0.05, 0.1) is 16.2 Å². The highest BCUT2D eigenvalue weighted by Crippen LogP contribution is 2.43. The minimum Gasteiger partial charge on any atom is -0.477 e. The lowest BCUT2D eigenvalue weighted by Gasteiger charge is -2.14. The molecule has 1 N–H and O–H groups in total. The molecular weight excluding hydrogens is 478 g/mol. The molecule has 0 bridgehead atoms. The maximum absolute atomic E-state index is 12.5. The van der Waals surface area contributed by atoms with E-state index in [1.54, 1.807) is 0 Å². The van der Waals surface area contributed by atoms with Crippen LogP contribution in [-0.2, 0) is 32.9 Å². The highest BCUT2D eigenvalue weighted by Gasteiger charge is 2.28. The summed E-state index contributed by atoms with van der Waals surface area (Å²) in [6, 6.07) is 3.94. The number of benzene rings is 1. The van der Waals surface area contributed by atoms with Crippen LogP contribution in [-0.4, -0.2) is 30.8 Å². The van der Waals surface area contributed by atoms with Gasteiger partial charge in [0.15, 0.2) is 0 Å². The van der Waals surface area contributed by atoms with Crippen LogP contribution < -0.4 is 0 Å². The molecule has 1 aliphatic heterocycles. The Bertz CT molecular complexity index is 1130. The van der Waals surface area contributed by atoms with Crippen molar-refractivity contribution in [2.75, 3.05) is 5.33 Å². The maximum Gasteiger partial charge on any atom is 0.352 e. The van der Waals surface area contributed by atoms with Crippen LogP contribution in [0.25, 0.3) is 22.0 Å². The van der Waals surface area contributed by atoms with Crippen molar-refractivity contribution in [3.63, 3.8) is 0 Å². The van der Waals surface area contributed by atoms with Crippen LogP contribution >= 0.6 is 27.5 Å². The monoisotopic (exact) mass is 505 g/mol. The van der Waals surface area contributed by atoms with E-state index in [0.717, 1.165) is 95.7 Å². The summed E-state index contributed by atoms with van der Waals surface area (Å²) < 4.78 is 4.01. The van der Waals surface area contributed by atoms with E-state index in [-0.39, 0.29) is 0 Å². The number of hydrogen-bond acceptors (Lipinski definition) is 2. The zero-order chi connectivity index (χ0) is 22.1. The van der Waals surface area contributed by atoms with Gasteiger partial charge in [-0.25, -0.2) is 4.79 Å². The molecule has 0 amide bonds. The number of rotatable bonds is 5. The van der Waals surface area contributed by atoms with Gasteiger partial charge in [-0.1, -0.05) is 53.4 Å². The van der Waals surface area contributed by atoms with Crippen molar-refractivity contribution in [1.29, 1.82) is 0 Å². The van der Waals surface area contributed by atoms with Crippen molar-refractivity contribution >= 4 is 44.4 Å². The summed E-state index contributed by atoms with van der Waals surface area (Å²) in [5.74, 6) is -0.861. The van der Waals surface area contributed by atoms with E-state index >= 15 is 0 Å². The van der Waals surface area contributed by atoms with Crippen LogP contribution in [0.1, 0.15) is 66.5 Å². The summed E-state index contributed by atoms with van der Waals surface area (Å²) in [7, 11) is 1.99. The first-order valence-electron chi connectivity index (χ1n) is 11.2. The number of aromatic carboxylic acids is 1. The number of carboxylic acids is 1. The van der Waals surface area contributed by atoms with Gasteiger partial charge >= 0.3 is 5.97 Å². The molecule has 0 spiro atoms. The number of aromatic nitrogens is 3. The van der Waals surface area contributed by atoms with E-state index in [1.165, 1.54) is 0 Å². The van der Waals surface area contributed by atoms with Gasteiger partial charge in [0.2, 0.25) is 0 Å². The third kappa shape index (κ3) is 3.93. The third-order valence-corrected chi connectivity index (χ3v) is 7.29. The molecule has 1 aliphatic rings. The molecular formula is C24H29BrClN3O2. The summed E-state index contributed by atoms with van der Waals surface area (Å²) in [5, 5.41) is 17.6. The maximum atomic E-state index is 12.5. The first kappa shape index (κ1) is 22.4. The number of halogens is 2. The Morgan fingerprint density at radius 1 is 1.23 bits per heavy atom. The quantitative estimate of drug-likeness (QED) is 0.407. The van der Waals surface area contributed by atoms with Gasteiger partial charge < -0.3 is 9.67 Å². The highest BCUT2D eigenvalue weighted by atomic mass is 79.9. The van der Waals surface area contributed by atoms with Crippen LogP contribution in [0.15, 0.2) is 12.1 Å². The van der Waals surface area contributed by atoms with Crippen molar-refractivity contribution < 1.29 is 9.90 Å². The fourth-order valence-electron chi connectivity index (χ4n) is 5.10. The van der Waals surface area contributed by atoms with Crippen LogP contribution in [0.5, 0.6) is 0 Å². The zero-order valence-electron chi connectivity index (χ0n) is 18.2. The fourth-order valence-corrected chi connectivity index (χ4v) is 5.63. The van der Waals surface area contributed by atoms with Crippen molar-refractivity contribution in [3.05, 3.63) is 39.8 Å². The normalized spacial score (nSPS) is 14.5. The number of alkyl halides is 1. The molecule has 0 unspecified atom stereocenters. The standard InChI is InChI=1S/C24H29BrClN3O2/c1-3-19-21-18(27-28(19)2)10-6-4-5-7-14-29-22-16(11-12-17(26)20(21)22)15(9-8-13-25)23(29)24(30)31/h11-12H,3-10,13-14H2,1-2H3,(H,30,31). The second-order valence-corrected chi connectivity index (χ2v) is 9.50. The van der Waals surface area contributed by atoms with Crippen molar-refractivity contribution in [2.24, 2.45) is 7.05 Å². The minimum absolute atomic E-state index is 0.419. The van der Waals surface area contributed by atoms with E-state index in [9.17, 15) is 9.90 Å². The summed E-state index contributed by atoms with van der Waals surface area (Å²) in [5.41, 5.74) is 6.57. The lowest BCUT2D eigenvalue weighted by atomic mass is 9.95. The Labute approximate surface area is 196 Å². The van der Waals surface area contributed by atoms with Gasteiger partial charge in [-0.3, -0.25) is 4.68 Å². The SMILES string of the molecule is CCc1c2c(nn1C)CCCCCCn1c(C(=O)O)c(CCCBr)c3ccc(Cl)c-2c31. The molecule has 2 aromatic heterocycles. The second kappa shape index (κ2) is 9.37. The molecule has 0 saturated heterocycles. The van der Waals surface area contributed by atoms with E-state index in [0.29, 0.717) is 17.3 Å². The smallest absolute Gasteiger partial charge is 0.352 e. The fraction of sp³-hybridized carbons (Fsp3) is 0.500. The molecule has 0 atom stereocenters. The Morgan fingerprint density at radius 2 is 2.00 bits per heavy atom. The largest absolute Gasteiger partial charge is 0.477 e. The molecule has 5 nitrogen and oxygen atoms in total. The zero-order valence-corrected chi connectivity index (χ0v) is 20.5. The first-order valence-corrected chi connectivity index (χ1v) is 12.7. The number of nitrogens with zero attached hydrogens (tertiary/aromatic N) is 3. The number of fused-ring (bicyclic) bond motifs is 2. The number of carbonyl (C=O) groups is 1. The van der Waals surface area contributed by atoms with E-state index in [4.69, 9.17) is 16.7 Å². The molecule has 0 fully saturated rings. The van der Waals surface area contributed by atoms with Gasteiger partial charge in [-0.2, -0.15) is 5.10 Å². The molecule has 7 heteroatoms. The number of hydrogen-bond donors (Lipinski definition) is 1. The summed E-state index contributed by atoms with van der Waals surface area (Å²) in [4.78, 5) is 12.5. The first-order chi connectivity index (χ1) is 15.0. The van der Waals surface area contributed by atoms with Gasteiger partial charge in [-0.05, 0) is 50.2 Å². The Balaban J connectivity index is 2.15. The van der Waals surface area contributed by atoms with Gasteiger partial charge in [0.1, 0.15) is 5.69 Å². The summed E-state index contributed by atoms with van der Waals surface area (Å²) in [6.45, 7) is 2.83. The molecule has 0 saturated carbocycles. The Kier molecular flexibility index (Phi) is 6.77. The second-order valence-electron chi connectivity index (χ2n) is 8.30. The van der Waals surface area contributed by atoms with E-state index in [1.807, 2.05) is 28.4 Å². The Morgan fingerprint density at radius 3 is 2.71 bits per heavy atom. The van der Waals surface area contributed by atoms with E-state index < -0.39 is 5.97 Å². The molecule has 3 aromatic rings. The van der Waals surface area contributed by atoms with Gasteiger partial charge in [0, 0.05) is 41.1 Å². The molecule has 3 heterocycles. The number of carboxylic acid groups (broad SMARTS) is 1. The molecule has 4 rings (SSSR count). The molecule has 1 aromatic carbocycles. The molecule has 31 heavy (non-hydrogen) atoms. The predicted molar refractivity (Wildman–Crippen MR) is 130 cm³/mol. The van der Waals surface area contributed by atoms with Gasteiger partial charge in [0.25, 0.3) is 0 Å². The summed E-state index contributed by atoms with van der Waals surface area (Å²) >= 11 is 10.4. The Hall–Kier alpha value is -1.79. The topological polar surface area (TPSA) is 60.0 Å². The van der Waals surface area contributed by atoms with Crippen LogP contribution in [0.3, 0.4) is 0 Å². The highest BCUT2D eigenvalue weighted by molar-refractivity contribution is 9.09. The predicted octanol–water partition coefficient (Wildman–Crippen LogP) is 6.40. The third-order valence-electron chi connectivity index (χ3n) is 6.41. The van der Waals surface area contributed by atoms with E-state index in [2.05, 4.69) is 22.9 Å². The lowest BCUT2D eigenvalue weighted by molar-refractivity contribution is 0.0684. The van der Waals surface area contributed by atoms with Crippen LogP contribution in [0.2, 0.25) is 5.02 Å². The van der Waals surface area contributed by atoms with Crippen molar-refractivity contribution in [3.8, 4) is 11.1 Å². The van der Waals surface area contributed by atoms with Crippen LogP contribution in [0.4, 0.5) is 0 Å². The molecule has 0 aliphatic carbocycles. The van der Waals surface area contributed by atoms with Crippen molar-refractivity contribution in [2.45, 2.75) is 64.8 Å². The van der Waals surface area contributed by atoms with Gasteiger partial charge in [-0.15, -0.1) is 0 Å².